The summed E-state index contributed by atoms with van der Waals surface area (Å²) in [5.74, 6) is 0. The van der Waals surface area contributed by atoms with Crippen LogP contribution in [0.4, 0.5) is 0 Å². The fourth-order valence-corrected chi connectivity index (χ4v) is 3.12. The van der Waals surface area contributed by atoms with Crippen LogP contribution in [0, 0.1) is 0 Å². The summed E-state index contributed by atoms with van der Waals surface area (Å²) < 4.78 is 7.58. The van der Waals surface area contributed by atoms with E-state index >= 15 is 0 Å². The van der Waals surface area contributed by atoms with Crippen molar-refractivity contribution in [1.29, 1.82) is 0 Å². The summed E-state index contributed by atoms with van der Waals surface area (Å²) in [6.07, 6.45) is 7.84. The standard InChI is InChI=1S/C15H11N3S/c1-18-9-13(12-4-5-16-8-14(12)18)10-2-3-15-11(6-10)7-17-19-15/h2-9H,1H3. The highest BCUT2D eigenvalue weighted by atomic mass is 32.1. The molecule has 0 aliphatic heterocycles. The summed E-state index contributed by atoms with van der Waals surface area (Å²) in [4.78, 5) is 4.19. The lowest BCUT2D eigenvalue weighted by molar-refractivity contribution is 0.966. The highest BCUT2D eigenvalue weighted by Crippen LogP contribution is 2.32. The van der Waals surface area contributed by atoms with Gasteiger partial charge in [-0.1, -0.05) is 6.07 Å². The first-order valence-electron chi connectivity index (χ1n) is 6.07. The van der Waals surface area contributed by atoms with Crippen LogP contribution in [-0.4, -0.2) is 13.9 Å². The molecule has 0 spiro atoms. The number of hydrogen-bond donors (Lipinski definition) is 0. The maximum atomic E-state index is 4.23. The summed E-state index contributed by atoms with van der Waals surface area (Å²) in [6, 6.07) is 8.58. The molecule has 4 aromatic rings. The molecule has 3 nitrogen and oxygen atoms in total. The number of hydrogen-bond acceptors (Lipinski definition) is 3. The molecule has 0 aliphatic rings. The van der Waals surface area contributed by atoms with E-state index in [0.29, 0.717) is 0 Å². The molecule has 0 amide bonds. The molecule has 0 unspecified atom stereocenters. The Morgan fingerprint density at radius 1 is 1.16 bits per heavy atom. The van der Waals surface area contributed by atoms with Crippen LogP contribution in [0.1, 0.15) is 0 Å². The molecular formula is C15H11N3S. The predicted molar refractivity (Wildman–Crippen MR) is 79.3 cm³/mol. The topological polar surface area (TPSA) is 30.7 Å². The fraction of sp³-hybridized carbons (Fsp3) is 0.0667. The van der Waals surface area contributed by atoms with Crippen LogP contribution in [0.15, 0.2) is 49.1 Å². The average Bonchev–Trinajstić information content (AvgIpc) is 3.03. The van der Waals surface area contributed by atoms with Gasteiger partial charge in [-0.05, 0) is 35.3 Å². The van der Waals surface area contributed by atoms with Crippen LogP contribution in [-0.2, 0) is 7.05 Å². The van der Waals surface area contributed by atoms with E-state index < -0.39 is 0 Å². The summed E-state index contributed by atoms with van der Waals surface area (Å²) >= 11 is 1.53. The molecule has 92 valence electrons. The number of aryl methyl sites for hydroxylation is 1. The first kappa shape index (κ1) is 10.7. The molecule has 0 aliphatic carbocycles. The van der Waals surface area contributed by atoms with Crippen LogP contribution in [0.5, 0.6) is 0 Å². The summed E-state index contributed by atoms with van der Waals surface area (Å²) in [7, 11) is 2.05. The molecule has 0 N–H and O–H groups in total. The van der Waals surface area contributed by atoms with Crippen LogP contribution < -0.4 is 0 Å². The van der Waals surface area contributed by atoms with E-state index in [2.05, 4.69) is 51.4 Å². The number of aromatic nitrogens is 3. The molecule has 4 heteroatoms. The third kappa shape index (κ3) is 1.57. The number of fused-ring (bicyclic) bond motifs is 2. The average molecular weight is 265 g/mol. The molecule has 3 heterocycles. The SMILES string of the molecule is Cn1cc(-c2ccc3sncc3c2)c2ccncc21. The van der Waals surface area contributed by atoms with E-state index in [-0.39, 0.29) is 0 Å². The number of benzene rings is 1. The molecule has 0 fully saturated rings. The minimum Gasteiger partial charge on any atom is -0.349 e. The maximum Gasteiger partial charge on any atom is 0.0670 e. The molecule has 4 rings (SSSR count). The first-order chi connectivity index (χ1) is 9.33. The van der Waals surface area contributed by atoms with Crippen molar-refractivity contribution < 1.29 is 0 Å². The van der Waals surface area contributed by atoms with Gasteiger partial charge in [-0.25, -0.2) is 0 Å². The van der Waals surface area contributed by atoms with Crippen LogP contribution in [0.3, 0.4) is 0 Å². The second kappa shape index (κ2) is 3.90. The van der Waals surface area contributed by atoms with Crippen LogP contribution in [0.25, 0.3) is 32.1 Å². The summed E-state index contributed by atoms with van der Waals surface area (Å²) in [5, 5.41) is 2.44. The van der Waals surface area contributed by atoms with E-state index in [1.165, 1.54) is 38.1 Å². The van der Waals surface area contributed by atoms with Crippen molar-refractivity contribution in [3.63, 3.8) is 0 Å². The Morgan fingerprint density at radius 3 is 3.05 bits per heavy atom. The zero-order chi connectivity index (χ0) is 12.8. The molecule has 19 heavy (non-hydrogen) atoms. The lowest BCUT2D eigenvalue weighted by atomic mass is 10.0. The van der Waals surface area contributed by atoms with E-state index in [9.17, 15) is 0 Å². The van der Waals surface area contributed by atoms with E-state index in [4.69, 9.17) is 0 Å². The maximum absolute atomic E-state index is 4.23. The van der Waals surface area contributed by atoms with Gasteiger partial charge in [-0.3, -0.25) is 4.98 Å². The van der Waals surface area contributed by atoms with Crippen molar-refractivity contribution in [1.82, 2.24) is 13.9 Å². The molecule has 1 aromatic carbocycles. The van der Waals surface area contributed by atoms with Crippen molar-refractivity contribution in [2.45, 2.75) is 0 Å². The van der Waals surface area contributed by atoms with Gasteiger partial charge in [-0.15, -0.1) is 0 Å². The van der Waals surface area contributed by atoms with Crippen molar-refractivity contribution >= 4 is 32.5 Å². The molecule has 0 saturated heterocycles. The van der Waals surface area contributed by atoms with Gasteiger partial charge in [-0.2, -0.15) is 4.37 Å². The highest BCUT2D eigenvalue weighted by molar-refractivity contribution is 7.13. The smallest absolute Gasteiger partial charge is 0.0670 e. The van der Waals surface area contributed by atoms with Gasteiger partial charge in [0, 0.05) is 42.0 Å². The molecule has 0 atom stereocenters. The number of rotatable bonds is 1. The zero-order valence-electron chi connectivity index (χ0n) is 10.4. The summed E-state index contributed by atoms with van der Waals surface area (Å²) in [6.45, 7) is 0. The van der Waals surface area contributed by atoms with Gasteiger partial charge < -0.3 is 4.57 Å². The minimum absolute atomic E-state index is 1.15. The van der Waals surface area contributed by atoms with Crippen molar-refractivity contribution in [2.75, 3.05) is 0 Å². The summed E-state index contributed by atoms with van der Waals surface area (Å²) in [5.41, 5.74) is 3.62. The minimum atomic E-state index is 1.15. The van der Waals surface area contributed by atoms with Gasteiger partial charge >= 0.3 is 0 Å². The van der Waals surface area contributed by atoms with E-state index in [1.54, 1.807) is 0 Å². The first-order valence-corrected chi connectivity index (χ1v) is 6.84. The Labute approximate surface area is 114 Å². The normalized spacial score (nSPS) is 11.4. The quantitative estimate of drug-likeness (QED) is 0.523. The third-order valence-corrected chi connectivity index (χ3v) is 4.24. The molecule has 3 aromatic heterocycles. The zero-order valence-corrected chi connectivity index (χ0v) is 11.2. The fourth-order valence-electron chi connectivity index (χ4n) is 2.50. The second-order valence-electron chi connectivity index (χ2n) is 4.62. The monoisotopic (exact) mass is 265 g/mol. The largest absolute Gasteiger partial charge is 0.349 e. The Morgan fingerprint density at radius 2 is 2.11 bits per heavy atom. The van der Waals surface area contributed by atoms with Crippen LogP contribution in [0.2, 0.25) is 0 Å². The van der Waals surface area contributed by atoms with Gasteiger partial charge in [0.15, 0.2) is 0 Å². The van der Waals surface area contributed by atoms with Gasteiger partial charge in [0.1, 0.15) is 0 Å². The molecule has 0 bridgehead atoms. The number of pyridine rings is 1. The lowest BCUT2D eigenvalue weighted by Crippen LogP contribution is -1.83. The predicted octanol–water partition coefficient (Wildman–Crippen LogP) is 3.85. The highest BCUT2D eigenvalue weighted by Gasteiger charge is 2.09. The van der Waals surface area contributed by atoms with Crippen molar-refractivity contribution in [3.05, 3.63) is 49.1 Å². The lowest BCUT2D eigenvalue weighted by Gasteiger charge is -1.99. The van der Waals surface area contributed by atoms with Crippen LogP contribution >= 0.6 is 11.5 Å². The van der Waals surface area contributed by atoms with Gasteiger partial charge in [0.2, 0.25) is 0 Å². The molecular weight excluding hydrogens is 254 g/mol. The molecule has 0 radical (unpaired) electrons. The third-order valence-electron chi connectivity index (χ3n) is 3.46. The second-order valence-corrected chi connectivity index (χ2v) is 5.46. The van der Waals surface area contributed by atoms with Gasteiger partial charge in [0.25, 0.3) is 0 Å². The Bertz CT molecular complexity index is 889. The van der Waals surface area contributed by atoms with Gasteiger partial charge in [0.05, 0.1) is 16.4 Å². The Balaban J connectivity index is 2.03. The Hall–Kier alpha value is -2.20. The van der Waals surface area contributed by atoms with Crippen molar-refractivity contribution in [3.8, 4) is 11.1 Å². The van der Waals surface area contributed by atoms with E-state index in [0.717, 1.165) is 5.52 Å². The van der Waals surface area contributed by atoms with E-state index in [1.807, 2.05) is 18.6 Å². The molecule has 0 saturated carbocycles. The number of nitrogens with zero attached hydrogens (tertiary/aromatic N) is 3. The Kier molecular flexibility index (Phi) is 2.19. The van der Waals surface area contributed by atoms with Crippen molar-refractivity contribution in [2.24, 2.45) is 7.05 Å².